The number of rotatable bonds is 3. The molecule has 0 aliphatic carbocycles. The maximum atomic E-state index is 12.7. The van der Waals surface area contributed by atoms with Gasteiger partial charge in [0.2, 0.25) is 0 Å². The highest BCUT2D eigenvalue weighted by atomic mass is 31.2. The second kappa shape index (κ2) is 5.17. The molecular weight excluding hydrogens is 307 g/mol. The van der Waals surface area contributed by atoms with E-state index in [1.807, 2.05) is 0 Å². The number of hydrogen-bond donors (Lipinski definition) is 2. The number of aryl methyl sites for hydroxylation is 1. The predicted octanol–water partition coefficient (Wildman–Crippen LogP) is 0.797. The first-order valence-electron chi connectivity index (χ1n) is 6.40. The Hall–Kier alpha value is -2.28. The highest BCUT2D eigenvalue weighted by molar-refractivity contribution is 7.50. The maximum Gasteiger partial charge on any atom is 0.333 e. The minimum atomic E-state index is -4.38. The average Bonchev–Trinajstić information content (AvgIpc) is 2.80. The van der Waals surface area contributed by atoms with Crippen molar-refractivity contribution in [3.8, 4) is 5.69 Å². The molecule has 0 saturated carbocycles. The van der Waals surface area contributed by atoms with Crippen LogP contribution in [0.15, 0.2) is 41.3 Å². The summed E-state index contributed by atoms with van der Waals surface area (Å²) in [6.45, 7) is 0. The zero-order valence-corrected chi connectivity index (χ0v) is 12.5. The molecule has 0 aliphatic heterocycles. The van der Waals surface area contributed by atoms with E-state index in [0.717, 1.165) is 0 Å². The summed E-state index contributed by atoms with van der Waals surface area (Å²) in [6.07, 6.45) is 0.767. The van der Waals surface area contributed by atoms with E-state index < -0.39 is 19.3 Å². The number of para-hydroxylation sites is 1. The molecular formula is C13H13N4O4P. The lowest BCUT2D eigenvalue weighted by atomic mass is 10.3. The standard InChI is InChI=1S/C13H13N4O4P/c1-16-12-10(7-14-16)13(18)17(9-5-3-2-4-6-9)11(15-12)8-22(19,20)21/h2-7H,8H2,1H3,(H2,19,20,21). The van der Waals surface area contributed by atoms with Crippen LogP contribution in [-0.4, -0.2) is 29.1 Å². The number of hydrogen-bond acceptors (Lipinski definition) is 4. The first-order valence-corrected chi connectivity index (χ1v) is 8.20. The second-order valence-corrected chi connectivity index (χ2v) is 6.48. The minimum Gasteiger partial charge on any atom is -0.324 e. The van der Waals surface area contributed by atoms with Gasteiger partial charge in [-0.25, -0.2) is 4.98 Å². The van der Waals surface area contributed by atoms with Gasteiger partial charge < -0.3 is 9.79 Å². The first-order chi connectivity index (χ1) is 10.4. The highest BCUT2D eigenvalue weighted by Gasteiger charge is 2.22. The van der Waals surface area contributed by atoms with E-state index in [0.29, 0.717) is 16.7 Å². The third-order valence-electron chi connectivity index (χ3n) is 3.20. The first kappa shape index (κ1) is 14.6. The van der Waals surface area contributed by atoms with Crippen molar-refractivity contribution in [1.29, 1.82) is 0 Å². The van der Waals surface area contributed by atoms with E-state index in [2.05, 4.69) is 10.1 Å². The molecule has 0 fully saturated rings. The molecule has 3 aromatic rings. The number of nitrogens with zero attached hydrogens (tertiary/aromatic N) is 4. The monoisotopic (exact) mass is 320 g/mol. The summed E-state index contributed by atoms with van der Waals surface area (Å²) in [5.74, 6) is 0.000586. The summed E-state index contributed by atoms with van der Waals surface area (Å²) in [6, 6.07) is 8.60. The molecule has 3 rings (SSSR count). The summed E-state index contributed by atoms with van der Waals surface area (Å²) in [5.41, 5.74) is 0.377. The quantitative estimate of drug-likeness (QED) is 0.691. The van der Waals surface area contributed by atoms with Crippen LogP contribution in [0.4, 0.5) is 0 Å². The van der Waals surface area contributed by atoms with Crippen LogP contribution in [0, 0.1) is 0 Å². The topological polar surface area (TPSA) is 110 Å². The molecule has 0 spiro atoms. The lowest BCUT2D eigenvalue weighted by molar-refractivity contribution is 0.370. The molecule has 9 heteroatoms. The van der Waals surface area contributed by atoms with Gasteiger partial charge in [-0.2, -0.15) is 5.10 Å². The van der Waals surface area contributed by atoms with Gasteiger partial charge in [-0.1, -0.05) is 18.2 Å². The molecule has 114 valence electrons. The van der Waals surface area contributed by atoms with Crippen LogP contribution in [0.2, 0.25) is 0 Å². The predicted molar refractivity (Wildman–Crippen MR) is 79.9 cm³/mol. The Balaban J connectivity index is 2.37. The highest BCUT2D eigenvalue weighted by Crippen LogP contribution is 2.38. The van der Waals surface area contributed by atoms with Crippen molar-refractivity contribution < 1.29 is 14.4 Å². The molecule has 2 heterocycles. The molecule has 22 heavy (non-hydrogen) atoms. The van der Waals surface area contributed by atoms with Gasteiger partial charge in [-0.15, -0.1) is 0 Å². The van der Waals surface area contributed by atoms with Gasteiger partial charge in [-0.3, -0.25) is 18.6 Å². The molecule has 0 bridgehead atoms. The Morgan fingerprint density at radius 2 is 1.91 bits per heavy atom. The fourth-order valence-electron chi connectivity index (χ4n) is 2.26. The summed E-state index contributed by atoms with van der Waals surface area (Å²) in [4.78, 5) is 35.4. The Bertz CT molecular complexity index is 942. The molecule has 0 aliphatic rings. The summed E-state index contributed by atoms with van der Waals surface area (Å²) < 4.78 is 14.0. The summed E-state index contributed by atoms with van der Waals surface area (Å²) in [5, 5.41) is 4.27. The Kier molecular flexibility index (Phi) is 3.44. The van der Waals surface area contributed by atoms with Gasteiger partial charge in [-0.05, 0) is 12.1 Å². The third-order valence-corrected chi connectivity index (χ3v) is 3.89. The average molecular weight is 320 g/mol. The van der Waals surface area contributed by atoms with E-state index in [1.54, 1.807) is 37.4 Å². The largest absolute Gasteiger partial charge is 0.333 e. The SMILES string of the molecule is Cn1ncc2c(=O)n(-c3ccccc3)c(CP(=O)(O)O)nc21. The van der Waals surface area contributed by atoms with Crippen molar-refractivity contribution in [2.75, 3.05) is 0 Å². The van der Waals surface area contributed by atoms with E-state index in [-0.39, 0.29) is 5.82 Å². The molecule has 0 radical (unpaired) electrons. The van der Waals surface area contributed by atoms with Gasteiger partial charge in [0.1, 0.15) is 17.4 Å². The summed E-state index contributed by atoms with van der Waals surface area (Å²) in [7, 11) is -2.77. The van der Waals surface area contributed by atoms with Crippen molar-refractivity contribution in [1.82, 2.24) is 19.3 Å². The van der Waals surface area contributed by atoms with Crippen LogP contribution in [0.1, 0.15) is 5.82 Å². The molecule has 2 aromatic heterocycles. The van der Waals surface area contributed by atoms with Crippen molar-refractivity contribution >= 4 is 18.6 Å². The zero-order valence-electron chi connectivity index (χ0n) is 11.6. The lowest BCUT2D eigenvalue weighted by Crippen LogP contribution is -2.24. The maximum absolute atomic E-state index is 12.7. The van der Waals surface area contributed by atoms with Gasteiger partial charge >= 0.3 is 7.60 Å². The van der Waals surface area contributed by atoms with Crippen LogP contribution < -0.4 is 5.56 Å². The Morgan fingerprint density at radius 1 is 1.23 bits per heavy atom. The fraction of sp³-hybridized carbons (Fsp3) is 0.154. The van der Waals surface area contributed by atoms with Crippen molar-refractivity contribution in [3.05, 3.63) is 52.7 Å². The van der Waals surface area contributed by atoms with Crippen LogP contribution in [0.5, 0.6) is 0 Å². The van der Waals surface area contributed by atoms with E-state index in [9.17, 15) is 19.1 Å². The Labute approximate surface area is 124 Å². The summed E-state index contributed by atoms with van der Waals surface area (Å²) >= 11 is 0. The smallest absolute Gasteiger partial charge is 0.324 e. The molecule has 0 saturated heterocycles. The van der Waals surface area contributed by atoms with Gasteiger partial charge in [0.15, 0.2) is 5.65 Å². The van der Waals surface area contributed by atoms with Crippen LogP contribution in [-0.2, 0) is 17.8 Å². The Morgan fingerprint density at radius 3 is 2.55 bits per heavy atom. The van der Waals surface area contributed by atoms with Crippen LogP contribution in [0.3, 0.4) is 0 Å². The third kappa shape index (κ3) is 2.59. The second-order valence-electron chi connectivity index (χ2n) is 4.83. The van der Waals surface area contributed by atoms with Gasteiger partial charge in [0.25, 0.3) is 5.56 Å². The number of aromatic nitrogens is 4. The van der Waals surface area contributed by atoms with E-state index in [1.165, 1.54) is 15.4 Å². The molecule has 1 aromatic carbocycles. The van der Waals surface area contributed by atoms with Gasteiger partial charge in [0.05, 0.1) is 11.9 Å². The number of fused-ring (bicyclic) bond motifs is 1. The molecule has 2 N–H and O–H groups in total. The van der Waals surface area contributed by atoms with Crippen LogP contribution >= 0.6 is 7.60 Å². The fourth-order valence-corrected chi connectivity index (χ4v) is 2.84. The van der Waals surface area contributed by atoms with Gasteiger partial charge in [0, 0.05) is 7.05 Å². The molecule has 0 amide bonds. The van der Waals surface area contributed by atoms with Crippen molar-refractivity contribution in [2.45, 2.75) is 6.16 Å². The minimum absolute atomic E-state index is 0.000586. The van der Waals surface area contributed by atoms with Crippen LogP contribution in [0.25, 0.3) is 16.7 Å². The van der Waals surface area contributed by atoms with E-state index in [4.69, 9.17) is 0 Å². The zero-order chi connectivity index (χ0) is 15.9. The normalized spacial score (nSPS) is 12.0. The van der Waals surface area contributed by atoms with Crippen molar-refractivity contribution in [2.24, 2.45) is 7.05 Å². The molecule has 0 atom stereocenters. The van der Waals surface area contributed by atoms with Crippen molar-refractivity contribution in [3.63, 3.8) is 0 Å². The molecule has 8 nitrogen and oxygen atoms in total. The lowest BCUT2D eigenvalue weighted by Gasteiger charge is -2.13. The van der Waals surface area contributed by atoms with E-state index >= 15 is 0 Å². The molecule has 0 unspecified atom stereocenters. The number of benzene rings is 1.